The molecular weight excluding hydrogens is 362 g/mol. The van der Waals surface area contributed by atoms with E-state index < -0.39 is 0 Å². The zero-order valence-electron chi connectivity index (χ0n) is 17.0. The first kappa shape index (κ1) is 18.6. The summed E-state index contributed by atoms with van der Waals surface area (Å²) in [6, 6.07) is 7.07. The molecule has 0 bridgehead atoms. The molecule has 5 nitrogen and oxygen atoms in total. The monoisotopic (exact) mass is 389 g/mol. The molecule has 1 saturated heterocycles. The van der Waals surface area contributed by atoms with E-state index in [1.54, 1.807) is 0 Å². The van der Waals surface area contributed by atoms with Crippen LogP contribution in [-0.4, -0.2) is 42.9 Å². The molecule has 4 heterocycles. The van der Waals surface area contributed by atoms with Gasteiger partial charge in [0.25, 0.3) is 0 Å². The van der Waals surface area contributed by atoms with Gasteiger partial charge in [0.15, 0.2) is 0 Å². The van der Waals surface area contributed by atoms with Crippen LogP contribution in [0.25, 0.3) is 27.7 Å². The molecule has 0 spiro atoms. The Balaban J connectivity index is 1.65. The number of hydrogen-bond donors (Lipinski definition) is 2. The number of nitrogens with zero attached hydrogens (tertiary/aromatic N) is 1. The van der Waals surface area contributed by atoms with Gasteiger partial charge in [-0.2, -0.15) is 0 Å². The van der Waals surface area contributed by atoms with Gasteiger partial charge >= 0.3 is 0 Å². The standard InChI is InChI=1S/C24H27N3O2/c1-15-9-18(19-11-20-16(2)12-26-24(20)27-13-19)10-21(22-14-29-8-5-25-22)23(15)17-3-6-28-7-4-17/h3,9-13,22,25H,4-8,14H2,1-2H3,(H,26,27). The first-order chi connectivity index (χ1) is 14.2. The molecule has 29 heavy (non-hydrogen) atoms. The van der Waals surface area contributed by atoms with E-state index in [0.717, 1.165) is 37.4 Å². The van der Waals surface area contributed by atoms with Crippen LogP contribution in [-0.2, 0) is 9.47 Å². The van der Waals surface area contributed by atoms with Crippen molar-refractivity contribution in [1.82, 2.24) is 15.3 Å². The Morgan fingerprint density at radius 1 is 1.03 bits per heavy atom. The number of ether oxygens (including phenoxy) is 2. The van der Waals surface area contributed by atoms with Crippen LogP contribution in [0.4, 0.5) is 0 Å². The summed E-state index contributed by atoms with van der Waals surface area (Å²) in [7, 11) is 0. The highest BCUT2D eigenvalue weighted by molar-refractivity contribution is 5.85. The Labute approximate surface area is 171 Å². The topological polar surface area (TPSA) is 59.2 Å². The lowest BCUT2D eigenvalue weighted by atomic mass is 9.86. The fraction of sp³-hybridized carbons (Fsp3) is 0.375. The van der Waals surface area contributed by atoms with Crippen LogP contribution in [0.2, 0.25) is 0 Å². The van der Waals surface area contributed by atoms with Crippen molar-refractivity contribution in [3.63, 3.8) is 0 Å². The minimum absolute atomic E-state index is 0.201. The fourth-order valence-corrected chi connectivity index (χ4v) is 4.51. The van der Waals surface area contributed by atoms with Crippen LogP contribution in [0.5, 0.6) is 0 Å². The van der Waals surface area contributed by atoms with Crippen molar-refractivity contribution in [3.05, 3.63) is 58.9 Å². The zero-order chi connectivity index (χ0) is 19.8. The average molecular weight is 389 g/mol. The summed E-state index contributed by atoms with van der Waals surface area (Å²) < 4.78 is 11.4. The van der Waals surface area contributed by atoms with E-state index in [2.05, 4.69) is 53.4 Å². The minimum atomic E-state index is 0.201. The maximum Gasteiger partial charge on any atom is 0.137 e. The molecule has 2 N–H and O–H groups in total. The van der Waals surface area contributed by atoms with Crippen molar-refractivity contribution < 1.29 is 9.47 Å². The van der Waals surface area contributed by atoms with Crippen molar-refractivity contribution in [2.75, 3.05) is 33.0 Å². The number of morpholine rings is 1. The second-order valence-corrected chi connectivity index (χ2v) is 7.99. The molecule has 1 aromatic carbocycles. The van der Waals surface area contributed by atoms with Crippen molar-refractivity contribution in [1.29, 1.82) is 0 Å². The number of nitrogens with one attached hydrogen (secondary N) is 2. The second kappa shape index (κ2) is 7.75. The van der Waals surface area contributed by atoms with Crippen molar-refractivity contribution in [2.24, 2.45) is 0 Å². The molecule has 0 radical (unpaired) electrons. The van der Waals surface area contributed by atoms with E-state index in [-0.39, 0.29) is 6.04 Å². The fourth-order valence-electron chi connectivity index (χ4n) is 4.51. The number of rotatable bonds is 3. The molecule has 0 amide bonds. The number of pyridine rings is 1. The van der Waals surface area contributed by atoms with Crippen molar-refractivity contribution >= 4 is 16.6 Å². The van der Waals surface area contributed by atoms with E-state index in [1.807, 2.05) is 12.4 Å². The maximum atomic E-state index is 5.80. The molecule has 1 atom stereocenters. The lowest BCUT2D eigenvalue weighted by molar-refractivity contribution is 0.0768. The van der Waals surface area contributed by atoms with Gasteiger partial charge in [-0.05, 0) is 65.8 Å². The Bertz CT molecular complexity index is 1080. The summed E-state index contributed by atoms with van der Waals surface area (Å²) in [5, 5.41) is 4.83. The van der Waals surface area contributed by atoms with Gasteiger partial charge in [0.2, 0.25) is 0 Å². The Morgan fingerprint density at radius 3 is 2.76 bits per heavy atom. The second-order valence-electron chi connectivity index (χ2n) is 7.99. The normalized spacial score (nSPS) is 20.1. The van der Waals surface area contributed by atoms with Crippen molar-refractivity contribution in [2.45, 2.75) is 26.3 Å². The number of aromatic nitrogens is 2. The quantitative estimate of drug-likeness (QED) is 0.701. The molecule has 5 rings (SSSR count). The molecule has 2 aliphatic rings. The predicted octanol–water partition coefficient (Wildman–Crippen LogP) is 4.31. The van der Waals surface area contributed by atoms with Gasteiger partial charge < -0.3 is 19.8 Å². The summed E-state index contributed by atoms with van der Waals surface area (Å²) in [6.45, 7) is 8.17. The highest BCUT2D eigenvalue weighted by Gasteiger charge is 2.23. The summed E-state index contributed by atoms with van der Waals surface area (Å²) in [4.78, 5) is 7.87. The molecule has 2 aromatic heterocycles. The maximum absolute atomic E-state index is 5.80. The molecule has 0 saturated carbocycles. The van der Waals surface area contributed by atoms with Gasteiger partial charge in [-0.1, -0.05) is 12.1 Å². The molecule has 1 unspecified atom stereocenters. The van der Waals surface area contributed by atoms with Gasteiger partial charge in [0.1, 0.15) is 5.65 Å². The lowest BCUT2D eigenvalue weighted by Gasteiger charge is -2.29. The summed E-state index contributed by atoms with van der Waals surface area (Å²) in [5.41, 5.74) is 9.87. The third kappa shape index (κ3) is 3.50. The third-order valence-electron chi connectivity index (χ3n) is 6.02. The Kier molecular flexibility index (Phi) is 4.96. The van der Waals surface area contributed by atoms with Gasteiger partial charge in [0.05, 0.1) is 32.5 Å². The van der Waals surface area contributed by atoms with Gasteiger partial charge in [-0.3, -0.25) is 0 Å². The summed E-state index contributed by atoms with van der Waals surface area (Å²) in [5.74, 6) is 0. The van der Waals surface area contributed by atoms with E-state index in [0.29, 0.717) is 13.2 Å². The van der Waals surface area contributed by atoms with Crippen molar-refractivity contribution in [3.8, 4) is 11.1 Å². The molecule has 2 aliphatic heterocycles. The highest BCUT2D eigenvalue weighted by Crippen LogP contribution is 2.36. The first-order valence-electron chi connectivity index (χ1n) is 10.4. The molecular formula is C24H27N3O2. The smallest absolute Gasteiger partial charge is 0.137 e. The van der Waals surface area contributed by atoms with Gasteiger partial charge in [-0.15, -0.1) is 0 Å². The number of H-pyrrole nitrogens is 1. The zero-order valence-corrected chi connectivity index (χ0v) is 17.0. The van der Waals surface area contributed by atoms with E-state index in [1.165, 1.54) is 38.8 Å². The SMILES string of the molecule is Cc1cc(-c2cnc3[nH]cc(C)c3c2)cc(C2COCCN2)c1C1=CCOCC1. The van der Waals surface area contributed by atoms with E-state index in [4.69, 9.17) is 9.47 Å². The Morgan fingerprint density at radius 2 is 1.97 bits per heavy atom. The van der Waals surface area contributed by atoms with Gasteiger partial charge in [0, 0.05) is 29.9 Å². The number of benzene rings is 1. The van der Waals surface area contributed by atoms with Crippen LogP contribution in [0.15, 0.2) is 36.7 Å². The molecule has 1 fully saturated rings. The van der Waals surface area contributed by atoms with Gasteiger partial charge in [-0.25, -0.2) is 4.98 Å². The largest absolute Gasteiger partial charge is 0.378 e. The molecule has 3 aromatic rings. The molecule has 5 heteroatoms. The highest BCUT2D eigenvalue weighted by atomic mass is 16.5. The molecule has 0 aliphatic carbocycles. The van der Waals surface area contributed by atoms with Crippen LogP contribution >= 0.6 is 0 Å². The third-order valence-corrected chi connectivity index (χ3v) is 6.02. The number of aromatic amines is 1. The van der Waals surface area contributed by atoms with Crippen LogP contribution in [0.3, 0.4) is 0 Å². The Hall–Kier alpha value is -2.47. The van der Waals surface area contributed by atoms with E-state index in [9.17, 15) is 0 Å². The number of aryl methyl sites for hydroxylation is 2. The molecule has 150 valence electrons. The number of fused-ring (bicyclic) bond motifs is 1. The van der Waals surface area contributed by atoms with Crippen LogP contribution in [0.1, 0.15) is 34.7 Å². The average Bonchev–Trinajstić information content (AvgIpc) is 3.14. The first-order valence-corrected chi connectivity index (χ1v) is 10.4. The lowest BCUT2D eigenvalue weighted by Crippen LogP contribution is -2.35. The minimum Gasteiger partial charge on any atom is -0.378 e. The van der Waals surface area contributed by atoms with Crippen LogP contribution < -0.4 is 5.32 Å². The predicted molar refractivity (Wildman–Crippen MR) is 116 cm³/mol. The summed E-state index contributed by atoms with van der Waals surface area (Å²) in [6.07, 6.45) is 7.17. The number of hydrogen-bond acceptors (Lipinski definition) is 4. The van der Waals surface area contributed by atoms with Crippen LogP contribution in [0, 0.1) is 13.8 Å². The summed E-state index contributed by atoms with van der Waals surface area (Å²) >= 11 is 0. The van der Waals surface area contributed by atoms with E-state index >= 15 is 0 Å².